The van der Waals surface area contributed by atoms with E-state index < -0.39 is 59.6 Å². The molecule has 1 aromatic heterocycles. The lowest BCUT2D eigenvalue weighted by molar-refractivity contribution is -0.142. The van der Waals surface area contributed by atoms with Gasteiger partial charge in [0.15, 0.2) is 0 Å². The van der Waals surface area contributed by atoms with Crippen LogP contribution in [0.4, 0.5) is 13.6 Å². The Morgan fingerprint density at radius 1 is 1.10 bits per heavy atom. The van der Waals surface area contributed by atoms with E-state index in [9.17, 15) is 28.3 Å². The summed E-state index contributed by atoms with van der Waals surface area (Å²) in [5, 5.41) is 15.9. The van der Waals surface area contributed by atoms with E-state index in [2.05, 4.69) is 15.6 Å². The maximum atomic E-state index is 13.6. The number of aliphatic hydroxyl groups is 1. The summed E-state index contributed by atoms with van der Waals surface area (Å²) in [6.45, 7) is 12.2. The van der Waals surface area contributed by atoms with Gasteiger partial charge in [0.2, 0.25) is 11.8 Å². The first kappa shape index (κ1) is 31.4. The molecule has 9 nitrogen and oxygen atoms in total. The minimum absolute atomic E-state index is 0.0499. The van der Waals surface area contributed by atoms with Crippen molar-refractivity contribution in [3.05, 3.63) is 41.0 Å². The quantitative estimate of drug-likeness (QED) is 0.432. The molecule has 1 fully saturated rings. The van der Waals surface area contributed by atoms with Gasteiger partial charge in [0, 0.05) is 13.0 Å². The number of β-amino-alcohol motifs (C(OH)–C–C–N with tert-alkyl or cyclic N) is 1. The number of carbonyl (C=O) groups excluding carboxylic acids is 3. The van der Waals surface area contributed by atoms with Gasteiger partial charge in [-0.05, 0) is 44.2 Å². The van der Waals surface area contributed by atoms with Gasteiger partial charge >= 0.3 is 6.09 Å². The second-order valence-electron chi connectivity index (χ2n) is 12.1. The monoisotopic (exact) mass is 580 g/mol. The number of amides is 3. The van der Waals surface area contributed by atoms with Gasteiger partial charge in [-0.15, -0.1) is 11.3 Å². The summed E-state index contributed by atoms with van der Waals surface area (Å²) in [7, 11) is 0. The van der Waals surface area contributed by atoms with Gasteiger partial charge in [-0.25, -0.2) is 18.6 Å². The fraction of sp³-hybridized carbons (Fsp3) is 0.571. The molecule has 4 atom stereocenters. The Morgan fingerprint density at radius 2 is 1.73 bits per heavy atom. The average molecular weight is 581 g/mol. The molecule has 1 aliphatic rings. The molecule has 0 aliphatic carbocycles. The number of alkyl halides is 2. The summed E-state index contributed by atoms with van der Waals surface area (Å²) in [5.41, 5.74) is 0.974. The third-order valence-electron chi connectivity index (χ3n) is 6.47. The van der Waals surface area contributed by atoms with Crippen LogP contribution in [0.15, 0.2) is 29.8 Å². The number of alkyl carbamates (subject to hydrolysis) is 1. The number of nitrogens with one attached hydrogen (secondary N) is 2. The van der Waals surface area contributed by atoms with Gasteiger partial charge in [-0.2, -0.15) is 0 Å². The van der Waals surface area contributed by atoms with Crippen LogP contribution >= 0.6 is 11.3 Å². The average Bonchev–Trinajstić information content (AvgIpc) is 3.47. The highest BCUT2D eigenvalue weighted by Gasteiger charge is 2.45. The summed E-state index contributed by atoms with van der Waals surface area (Å²) in [5.74, 6) is -0.944. The number of hydrogen-bond donors (Lipinski definition) is 3. The van der Waals surface area contributed by atoms with E-state index in [4.69, 9.17) is 4.74 Å². The largest absolute Gasteiger partial charge is 0.444 e. The number of likely N-dealkylation sites (tertiary alicyclic amines) is 1. The number of hydrogen-bond acceptors (Lipinski definition) is 7. The normalized spacial score (nSPS) is 19.3. The summed E-state index contributed by atoms with van der Waals surface area (Å²) in [4.78, 5) is 44.9. The highest BCUT2D eigenvalue weighted by atomic mass is 32.1. The predicted octanol–water partition coefficient (Wildman–Crippen LogP) is 4.83. The maximum Gasteiger partial charge on any atom is 0.408 e. The minimum atomic E-state index is -2.68. The number of halogens is 2. The van der Waals surface area contributed by atoms with Gasteiger partial charge in [-0.1, -0.05) is 45.0 Å². The molecule has 1 aliphatic heterocycles. The van der Waals surface area contributed by atoms with E-state index in [-0.39, 0.29) is 18.7 Å². The van der Waals surface area contributed by atoms with Crippen molar-refractivity contribution in [1.29, 1.82) is 0 Å². The van der Waals surface area contributed by atoms with Crippen LogP contribution in [0.25, 0.3) is 10.4 Å². The number of nitrogens with zero attached hydrogens (tertiary/aromatic N) is 2. The molecular weight excluding hydrogens is 542 g/mol. The van der Waals surface area contributed by atoms with Crippen molar-refractivity contribution in [2.75, 3.05) is 6.54 Å². The molecule has 1 aromatic carbocycles. The molecule has 0 radical (unpaired) electrons. The van der Waals surface area contributed by atoms with Gasteiger partial charge in [0.05, 0.1) is 22.5 Å². The van der Waals surface area contributed by atoms with Crippen LogP contribution in [0.3, 0.4) is 0 Å². The fourth-order valence-corrected chi connectivity index (χ4v) is 5.29. The number of aliphatic hydroxyl groups excluding tert-OH is 1. The smallest absolute Gasteiger partial charge is 0.408 e. The lowest BCUT2D eigenvalue weighted by Gasteiger charge is -2.35. The molecule has 0 unspecified atom stereocenters. The molecule has 3 rings (SSSR count). The minimum Gasteiger partial charge on any atom is -0.444 e. The van der Waals surface area contributed by atoms with E-state index in [1.807, 2.05) is 0 Å². The van der Waals surface area contributed by atoms with Crippen LogP contribution in [0.5, 0.6) is 0 Å². The summed E-state index contributed by atoms with van der Waals surface area (Å²) < 4.78 is 31.8. The third-order valence-corrected chi connectivity index (χ3v) is 7.36. The predicted molar refractivity (Wildman–Crippen MR) is 148 cm³/mol. The second-order valence-corrected chi connectivity index (χ2v) is 12.9. The molecule has 0 saturated carbocycles. The van der Waals surface area contributed by atoms with Gasteiger partial charge in [0.25, 0.3) is 6.43 Å². The van der Waals surface area contributed by atoms with Crippen molar-refractivity contribution >= 4 is 29.2 Å². The zero-order valence-corrected chi connectivity index (χ0v) is 24.6. The van der Waals surface area contributed by atoms with Crippen molar-refractivity contribution in [2.45, 2.75) is 91.1 Å². The molecule has 3 amide bonds. The first-order chi connectivity index (χ1) is 18.5. The van der Waals surface area contributed by atoms with E-state index in [0.29, 0.717) is 10.4 Å². The Bertz CT molecular complexity index is 1210. The van der Waals surface area contributed by atoms with E-state index in [0.717, 1.165) is 16.9 Å². The van der Waals surface area contributed by atoms with Crippen molar-refractivity contribution in [3.8, 4) is 10.4 Å². The van der Waals surface area contributed by atoms with Gasteiger partial charge < -0.3 is 25.4 Å². The molecule has 220 valence electrons. The lowest BCUT2D eigenvalue weighted by atomic mass is 9.85. The standard InChI is InChI=1S/C28H38F2N4O5S/c1-15(16-8-10-17(11-9-16)21-20(23(29)30)31-14-40-21)32-24(36)19-12-18(35)13-34(19)25(37)22(27(2,3)4)33-26(38)39-28(5,6)7/h8-11,14-15,18-19,22-23,35H,12-13H2,1-7H3,(H,32,36)(H,33,38)/t15-,18+,19-,22+/m0/s1. The third kappa shape index (κ3) is 7.75. The van der Waals surface area contributed by atoms with Crippen LogP contribution < -0.4 is 10.6 Å². The highest BCUT2D eigenvalue weighted by molar-refractivity contribution is 7.13. The lowest BCUT2D eigenvalue weighted by Crippen LogP contribution is -2.58. The molecule has 1 saturated heterocycles. The Labute approximate surface area is 237 Å². The first-order valence-corrected chi connectivity index (χ1v) is 14.0. The number of aromatic nitrogens is 1. The molecule has 2 aromatic rings. The summed E-state index contributed by atoms with van der Waals surface area (Å²) in [6, 6.07) is 4.46. The van der Waals surface area contributed by atoms with E-state index in [1.54, 1.807) is 72.7 Å². The van der Waals surface area contributed by atoms with Crippen LogP contribution in [0, 0.1) is 5.41 Å². The number of benzene rings is 1. The van der Waals surface area contributed by atoms with Gasteiger partial charge in [-0.3, -0.25) is 9.59 Å². The van der Waals surface area contributed by atoms with Crippen molar-refractivity contribution in [3.63, 3.8) is 0 Å². The van der Waals surface area contributed by atoms with Crippen molar-refractivity contribution < 1.29 is 33.0 Å². The molecule has 0 spiro atoms. The zero-order valence-electron chi connectivity index (χ0n) is 23.8. The Morgan fingerprint density at radius 3 is 2.27 bits per heavy atom. The zero-order chi connectivity index (χ0) is 30.0. The van der Waals surface area contributed by atoms with Gasteiger partial charge in [0.1, 0.15) is 23.4 Å². The first-order valence-electron chi connectivity index (χ1n) is 13.1. The van der Waals surface area contributed by atoms with E-state index >= 15 is 0 Å². The molecule has 3 N–H and O–H groups in total. The Balaban J connectivity index is 1.73. The fourth-order valence-electron chi connectivity index (χ4n) is 4.49. The summed E-state index contributed by atoms with van der Waals surface area (Å²) in [6.07, 6.45) is -4.28. The van der Waals surface area contributed by atoms with E-state index in [1.165, 1.54) is 10.4 Å². The van der Waals surface area contributed by atoms with Crippen LogP contribution in [-0.4, -0.2) is 63.2 Å². The number of carbonyl (C=O) groups is 3. The number of rotatable bonds is 7. The molecule has 40 heavy (non-hydrogen) atoms. The maximum absolute atomic E-state index is 13.6. The second kappa shape index (κ2) is 12.2. The highest BCUT2D eigenvalue weighted by Crippen LogP contribution is 2.34. The Hall–Kier alpha value is -3.12. The number of ether oxygens (including phenoxy) is 1. The Kier molecular flexibility index (Phi) is 9.56. The SMILES string of the molecule is C[C@H](NC(=O)[C@@H]1C[C@@H](O)CN1C(=O)[C@@H](NC(=O)OC(C)(C)C)C(C)(C)C)c1ccc(-c2scnc2C(F)F)cc1. The van der Waals surface area contributed by atoms with Crippen LogP contribution in [0.1, 0.15) is 78.6 Å². The van der Waals surface area contributed by atoms with Crippen molar-refractivity contribution in [1.82, 2.24) is 20.5 Å². The number of thiazole rings is 1. The molecule has 0 bridgehead atoms. The molecule has 2 heterocycles. The molecule has 12 heteroatoms. The topological polar surface area (TPSA) is 121 Å². The van der Waals surface area contributed by atoms with Crippen LogP contribution in [-0.2, 0) is 14.3 Å². The molecular formula is C28H38F2N4O5S. The van der Waals surface area contributed by atoms with Crippen molar-refractivity contribution in [2.24, 2.45) is 5.41 Å². The summed E-state index contributed by atoms with van der Waals surface area (Å²) >= 11 is 1.13. The van der Waals surface area contributed by atoms with Crippen LogP contribution in [0.2, 0.25) is 0 Å².